The Balaban J connectivity index is 2.73. The molecule has 0 radical (unpaired) electrons. The van der Waals surface area contributed by atoms with Gasteiger partial charge in [-0.3, -0.25) is 4.79 Å². The summed E-state index contributed by atoms with van der Waals surface area (Å²) in [5.74, 6) is -0.832. The van der Waals surface area contributed by atoms with E-state index in [1.165, 1.54) is 0 Å². The molecule has 1 rings (SSSR count). The summed E-state index contributed by atoms with van der Waals surface area (Å²) in [6, 6.07) is 5.65. The minimum absolute atomic E-state index is 0.0355. The molecule has 0 aromatic heterocycles. The van der Waals surface area contributed by atoms with Gasteiger partial charge in [0.25, 0.3) is 0 Å². The third-order valence-corrected chi connectivity index (χ3v) is 1.91. The number of carboxylic acid groups (broad SMARTS) is 1. The van der Waals surface area contributed by atoms with E-state index in [9.17, 15) is 4.79 Å². The van der Waals surface area contributed by atoms with Crippen LogP contribution in [-0.4, -0.2) is 11.1 Å². The molecule has 0 atom stereocenters. The molecule has 0 aliphatic carbocycles. The van der Waals surface area contributed by atoms with E-state index in [-0.39, 0.29) is 6.42 Å². The lowest BCUT2D eigenvalue weighted by Gasteiger charge is -2.00. The zero-order valence-corrected chi connectivity index (χ0v) is 8.03. The molecule has 0 aliphatic rings. The number of aryl methyl sites for hydroxylation is 1. The zero-order valence-electron chi connectivity index (χ0n) is 8.03. The van der Waals surface area contributed by atoms with Gasteiger partial charge in [0.15, 0.2) is 0 Å². The van der Waals surface area contributed by atoms with Gasteiger partial charge in [-0.1, -0.05) is 24.3 Å². The molecule has 1 aromatic rings. The van der Waals surface area contributed by atoms with E-state index in [2.05, 4.69) is 0 Å². The number of hydrogen-bond acceptors (Lipinski definition) is 2. The predicted molar refractivity (Wildman–Crippen MR) is 56.9 cm³/mol. The molecule has 0 bridgehead atoms. The minimum Gasteiger partial charge on any atom is -0.481 e. The third kappa shape index (κ3) is 2.94. The first-order chi connectivity index (χ1) is 6.59. The molecule has 14 heavy (non-hydrogen) atoms. The van der Waals surface area contributed by atoms with Crippen molar-refractivity contribution in [3.05, 3.63) is 35.4 Å². The Labute approximate surface area is 82.9 Å². The summed E-state index contributed by atoms with van der Waals surface area (Å²) in [5.41, 5.74) is 8.38. The molecule has 0 heterocycles. The van der Waals surface area contributed by atoms with Crippen LogP contribution in [0.5, 0.6) is 0 Å². The van der Waals surface area contributed by atoms with E-state index >= 15 is 0 Å². The summed E-state index contributed by atoms with van der Waals surface area (Å²) in [6.45, 7) is 1.93. The molecular weight excluding hydrogens is 178 g/mol. The van der Waals surface area contributed by atoms with Crippen LogP contribution >= 0.6 is 0 Å². The highest BCUT2D eigenvalue weighted by atomic mass is 16.4. The van der Waals surface area contributed by atoms with Crippen LogP contribution in [0.25, 0.3) is 6.08 Å². The lowest BCUT2D eigenvalue weighted by molar-refractivity contribution is -0.135. The fourth-order valence-electron chi connectivity index (χ4n) is 1.06. The van der Waals surface area contributed by atoms with Gasteiger partial charge in [-0.25, -0.2) is 0 Å². The number of aliphatic carboxylic acids is 1. The molecule has 0 aliphatic heterocycles. The largest absolute Gasteiger partial charge is 0.481 e. The van der Waals surface area contributed by atoms with Crippen LogP contribution < -0.4 is 5.73 Å². The summed E-state index contributed by atoms with van der Waals surface area (Å²) in [4.78, 5) is 10.2. The normalized spacial score (nSPS) is 10.6. The lowest BCUT2D eigenvalue weighted by atomic mass is 10.1. The quantitative estimate of drug-likeness (QED) is 0.719. The zero-order chi connectivity index (χ0) is 10.6. The second-order valence-corrected chi connectivity index (χ2v) is 3.12. The molecule has 0 saturated heterocycles. The molecular formula is C11H13NO2. The van der Waals surface area contributed by atoms with Gasteiger partial charge in [-0.05, 0) is 24.1 Å². The van der Waals surface area contributed by atoms with Crippen molar-refractivity contribution in [2.45, 2.75) is 13.3 Å². The van der Waals surface area contributed by atoms with Crippen molar-refractivity contribution in [3.63, 3.8) is 0 Å². The maximum absolute atomic E-state index is 10.2. The predicted octanol–water partition coefficient (Wildman–Crippen LogP) is 2.07. The van der Waals surface area contributed by atoms with E-state index in [0.29, 0.717) is 0 Å². The number of carbonyl (C=O) groups is 1. The first kappa shape index (κ1) is 10.3. The lowest BCUT2D eigenvalue weighted by Crippen LogP contribution is -1.91. The van der Waals surface area contributed by atoms with Crippen molar-refractivity contribution in [2.24, 2.45) is 0 Å². The van der Waals surface area contributed by atoms with Crippen LogP contribution in [0.15, 0.2) is 24.3 Å². The van der Waals surface area contributed by atoms with E-state index in [1.807, 2.05) is 25.1 Å². The fraction of sp³-hybridized carbons (Fsp3) is 0.182. The molecule has 0 fully saturated rings. The molecule has 3 nitrogen and oxygen atoms in total. The molecule has 3 heteroatoms. The van der Waals surface area contributed by atoms with E-state index in [1.54, 1.807) is 12.2 Å². The maximum atomic E-state index is 10.2. The third-order valence-electron chi connectivity index (χ3n) is 1.91. The van der Waals surface area contributed by atoms with Gasteiger partial charge in [-0.2, -0.15) is 0 Å². The number of hydrogen-bond donors (Lipinski definition) is 2. The topological polar surface area (TPSA) is 63.3 Å². The van der Waals surface area contributed by atoms with Crippen LogP contribution in [0.4, 0.5) is 5.69 Å². The second-order valence-electron chi connectivity index (χ2n) is 3.12. The molecule has 0 amide bonds. The first-order valence-corrected chi connectivity index (χ1v) is 4.34. The van der Waals surface area contributed by atoms with Gasteiger partial charge in [0.05, 0.1) is 6.42 Å². The molecule has 3 N–H and O–H groups in total. The Morgan fingerprint density at radius 1 is 1.57 bits per heavy atom. The fourth-order valence-corrected chi connectivity index (χ4v) is 1.06. The Bertz CT molecular complexity index is 370. The van der Waals surface area contributed by atoms with Gasteiger partial charge in [-0.15, -0.1) is 0 Å². The highest BCUT2D eigenvalue weighted by Gasteiger charge is 1.94. The number of rotatable bonds is 3. The molecule has 0 unspecified atom stereocenters. The standard InChI is InChI=1S/C11H13NO2/c1-8-5-6-9(7-10(8)12)3-2-4-11(13)14/h2-3,5-7H,4,12H2,1H3,(H,13,14). The van der Waals surface area contributed by atoms with E-state index in [4.69, 9.17) is 10.8 Å². The Kier molecular flexibility index (Phi) is 3.29. The highest BCUT2D eigenvalue weighted by molar-refractivity contribution is 5.70. The Morgan fingerprint density at radius 3 is 2.86 bits per heavy atom. The molecule has 74 valence electrons. The number of carboxylic acids is 1. The summed E-state index contributed by atoms with van der Waals surface area (Å²) >= 11 is 0. The van der Waals surface area contributed by atoms with Gasteiger partial charge >= 0.3 is 5.97 Å². The second kappa shape index (κ2) is 4.46. The van der Waals surface area contributed by atoms with Crippen LogP contribution in [0.1, 0.15) is 17.5 Å². The van der Waals surface area contributed by atoms with E-state index < -0.39 is 5.97 Å². The van der Waals surface area contributed by atoms with E-state index in [0.717, 1.165) is 16.8 Å². The first-order valence-electron chi connectivity index (χ1n) is 4.34. The number of benzene rings is 1. The van der Waals surface area contributed by atoms with Crippen molar-refractivity contribution in [1.82, 2.24) is 0 Å². The maximum Gasteiger partial charge on any atom is 0.307 e. The number of nitrogen functional groups attached to an aromatic ring is 1. The smallest absolute Gasteiger partial charge is 0.307 e. The minimum atomic E-state index is -0.832. The van der Waals surface area contributed by atoms with Crippen molar-refractivity contribution in [3.8, 4) is 0 Å². The van der Waals surface area contributed by atoms with Crippen LogP contribution in [0.3, 0.4) is 0 Å². The Morgan fingerprint density at radius 2 is 2.29 bits per heavy atom. The average Bonchev–Trinajstić information content (AvgIpc) is 2.10. The van der Waals surface area contributed by atoms with Gasteiger partial charge in [0, 0.05) is 5.69 Å². The summed E-state index contributed by atoms with van der Waals surface area (Å²) in [6.07, 6.45) is 3.39. The molecule has 0 saturated carbocycles. The van der Waals surface area contributed by atoms with Gasteiger partial charge in [0.2, 0.25) is 0 Å². The van der Waals surface area contributed by atoms with Gasteiger partial charge < -0.3 is 10.8 Å². The van der Waals surface area contributed by atoms with Crippen molar-refractivity contribution in [1.29, 1.82) is 0 Å². The van der Waals surface area contributed by atoms with Crippen LogP contribution in [-0.2, 0) is 4.79 Å². The van der Waals surface area contributed by atoms with Crippen LogP contribution in [0, 0.1) is 6.92 Å². The summed E-state index contributed by atoms with van der Waals surface area (Å²) < 4.78 is 0. The molecule has 0 spiro atoms. The number of nitrogens with two attached hydrogens (primary N) is 1. The monoisotopic (exact) mass is 191 g/mol. The van der Waals surface area contributed by atoms with Gasteiger partial charge in [0.1, 0.15) is 0 Å². The Hall–Kier alpha value is -1.77. The SMILES string of the molecule is Cc1ccc(C=CCC(=O)O)cc1N. The summed E-state index contributed by atoms with van der Waals surface area (Å²) in [5, 5.41) is 8.41. The van der Waals surface area contributed by atoms with Crippen molar-refractivity contribution in [2.75, 3.05) is 5.73 Å². The van der Waals surface area contributed by atoms with Crippen molar-refractivity contribution >= 4 is 17.7 Å². The summed E-state index contributed by atoms with van der Waals surface area (Å²) in [7, 11) is 0. The average molecular weight is 191 g/mol. The number of anilines is 1. The molecule has 1 aromatic carbocycles. The van der Waals surface area contributed by atoms with Crippen molar-refractivity contribution < 1.29 is 9.90 Å². The highest BCUT2D eigenvalue weighted by Crippen LogP contribution is 2.13. The van der Waals surface area contributed by atoms with Crippen LogP contribution in [0.2, 0.25) is 0 Å².